The van der Waals surface area contributed by atoms with Crippen molar-refractivity contribution in [2.75, 3.05) is 22.3 Å². The maximum Gasteiger partial charge on any atom is 0.250 e. The van der Waals surface area contributed by atoms with Crippen molar-refractivity contribution < 1.29 is 9.59 Å². The number of benzene rings is 4. The molecule has 2 fully saturated rings. The Morgan fingerprint density at radius 3 is 2.53 bits per heavy atom. The number of rotatable bonds is 4. The Hall–Kier alpha value is -4.76. The highest BCUT2D eigenvalue weighted by Crippen LogP contribution is 2.62. The molecule has 8 nitrogen and oxygen atoms in total. The molecule has 4 aliphatic heterocycles. The first-order valence-electron chi connectivity index (χ1n) is 15.3. The molecule has 45 heavy (non-hydrogen) atoms. The zero-order valence-corrected chi connectivity index (χ0v) is 25.0. The van der Waals surface area contributed by atoms with Gasteiger partial charge in [0.25, 0.3) is 0 Å². The summed E-state index contributed by atoms with van der Waals surface area (Å²) in [6.45, 7) is 0.718. The van der Waals surface area contributed by atoms with Crippen LogP contribution in [0.1, 0.15) is 40.2 Å². The van der Waals surface area contributed by atoms with Crippen LogP contribution in [0.2, 0.25) is 5.02 Å². The van der Waals surface area contributed by atoms with Crippen molar-refractivity contribution in [2.45, 2.75) is 30.3 Å². The molecule has 1 aromatic heterocycles. The van der Waals surface area contributed by atoms with E-state index >= 15 is 4.79 Å². The molecule has 9 heteroatoms. The second kappa shape index (κ2) is 9.87. The van der Waals surface area contributed by atoms with E-state index in [9.17, 15) is 4.79 Å². The van der Waals surface area contributed by atoms with E-state index in [-0.39, 0.29) is 23.7 Å². The Morgan fingerprint density at radius 2 is 1.67 bits per heavy atom. The third-order valence-corrected chi connectivity index (χ3v) is 10.3. The van der Waals surface area contributed by atoms with Crippen LogP contribution >= 0.6 is 11.6 Å². The number of carbonyl (C=O) groups is 2. The van der Waals surface area contributed by atoms with Crippen LogP contribution in [0.25, 0.3) is 10.9 Å². The number of pyridine rings is 1. The fourth-order valence-corrected chi connectivity index (χ4v) is 8.45. The monoisotopic (exact) mass is 612 g/mol. The first-order chi connectivity index (χ1) is 22.1. The van der Waals surface area contributed by atoms with E-state index in [0.717, 1.165) is 58.5 Å². The number of para-hydroxylation sites is 4. The maximum atomic E-state index is 15.1. The molecule has 1 spiro atoms. The molecular formula is C36H29ClN6O2. The third kappa shape index (κ3) is 3.70. The Morgan fingerprint density at radius 1 is 0.911 bits per heavy atom. The number of anilines is 4. The van der Waals surface area contributed by atoms with Gasteiger partial charge in [-0.2, -0.15) is 0 Å². The largest absolute Gasteiger partial charge is 0.324 e. The minimum atomic E-state index is -1.17. The molecule has 4 atom stereocenters. The van der Waals surface area contributed by atoms with Gasteiger partial charge in [0.05, 0.1) is 22.8 Å². The second-order valence-electron chi connectivity index (χ2n) is 12.2. The van der Waals surface area contributed by atoms with E-state index in [0.29, 0.717) is 16.4 Å². The number of amides is 1. The lowest BCUT2D eigenvalue weighted by Crippen LogP contribution is -2.52. The summed E-state index contributed by atoms with van der Waals surface area (Å²) >= 11 is 6.27. The van der Waals surface area contributed by atoms with Gasteiger partial charge in [0.15, 0.2) is 11.6 Å². The fraction of sp³-hybridized carbons (Fsp3) is 0.194. The van der Waals surface area contributed by atoms with Crippen molar-refractivity contribution >= 4 is 57.1 Å². The van der Waals surface area contributed by atoms with Gasteiger partial charge in [0, 0.05) is 44.7 Å². The number of halogens is 1. The average Bonchev–Trinajstić information content (AvgIpc) is 3.83. The van der Waals surface area contributed by atoms with Gasteiger partial charge in [0.2, 0.25) is 5.91 Å². The lowest BCUT2D eigenvalue weighted by atomic mass is 9.68. The quantitative estimate of drug-likeness (QED) is 0.193. The molecule has 0 radical (unpaired) electrons. The van der Waals surface area contributed by atoms with Crippen LogP contribution in [0.3, 0.4) is 0 Å². The number of ketones is 1. The van der Waals surface area contributed by atoms with Gasteiger partial charge < -0.3 is 10.7 Å². The van der Waals surface area contributed by atoms with Crippen molar-refractivity contribution in [2.24, 2.45) is 5.92 Å². The summed E-state index contributed by atoms with van der Waals surface area (Å²) in [4.78, 5) is 37.2. The predicted octanol–water partition coefficient (Wildman–Crippen LogP) is 6.78. The van der Waals surface area contributed by atoms with Gasteiger partial charge in [-0.3, -0.25) is 14.5 Å². The highest BCUT2D eigenvalue weighted by Gasteiger charge is 2.69. The first-order valence-corrected chi connectivity index (χ1v) is 15.7. The molecule has 4 unspecified atom stereocenters. The predicted molar refractivity (Wildman–Crippen MR) is 176 cm³/mol. The minimum absolute atomic E-state index is 0.0596. The Bertz CT molecular complexity index is 2030. The van der Waals surface area contributed by atoms with Gasteiger partial charge in [-0.15, -0.1) is 5.53 Å². The van der Waals surface area contributed by atoms with Crippen LogP contribution in [0, 0.1) is 5.92 Å². The summed E-state index contributed by atoms with van der Waals surface area (Å²) in [6.07, 6.45) is 1.80. The number of nitrogens with zero attached hydrogens (tertiary/aromatic N) is 3. The smallest absolute Gasteiger partial charge is 0.250 e. The molecule has 0 saturated carbocycles. The topological polar surface area (TPSA) is 89.6 Å². The summed E-state index contributed by atoms with van der Waals surface area (Å²) < 4.78 is 0. The van der Waals surface area contributed by atoms with Gasteiger partial charge >= 0.3 is 0 Å². The summed E-state index contributed by atoms with van der Waals surface area (Å²) in [5, 5.41) is 6.68. The van der Waals surface area contributed by atoms with Crippen LogP contribution in [-0.2, 0) is 10.3 Å². The number of nitrogens with one attached hydrogen (secondary N) is 3. The van der Waals surface area contributed by atoms with Crippen molar-refractivity contribution in [3.8, 4) is 0 Å². The van der Waals surface area contributed by atoms with Crippen LogP contribution < -0.4 is 21.3 Å². The molecule has 222 valence electrons. The van der Waals surface area contributed by atoms with E-state index in [1.54, 1.807) is 24.3 Å². The number of hydrogen-bond acceptors (Lipinski definition) is 7. The number of aromatic nitrogens is 1. The highest BCUT2D eigenvalue weighted by molar-refractivity contribution is 6.30. The third-order valence-electron chi connectivity index (χ3n) is 10.1. The lowest BCUT2D eigenvalue weighted by molar-refractivity contribution is -0.127. The fourth-order valence-electron chi connectivity index (χ4n) is 8.32. The summed E-state index contributed by atoms with van der Waals surface area (Å²) in [6, 6.07) is 33.1. The Labute approximate surface area is 265 Å². The molecule has 9 rings (SSSR count). The zero-order valence-electron chi connectivity index (χ0n) is 24.2. The maximum absolute atomic E-state index is 15.1. The SMILES string of the molecule is O=C(c1ccc(Cl)cc1)C1C(c2cc3ccccc3nc2N2NNc3ccccc32)C2CCCN2C12C(=O)Nc1ccccc12. The van der Waals surface area contributed by atoms with Crippen LogP contribution in [0.4, 0.5) is 22.9 Å². The summed E-state index contributed by atoms with van der Waals surface area (Å²) in [5.74, 6) is -0.577. The molecule has 5 heterocycles. The molecule has 2 saturated heterocycles. The van der Waals surface area contributed by atoms with Gasteiger partial charge in [-0.25, -0.2) is 9.99 Å². The molecule has 4 aliphatic rings. The van der Waals surface area contributed by atoms with Crippen molar-refractivity contribution in [3.63, 3.8) is 0 Å². The van der Waals surface area contributed by atoms with Gasteiger partial charge in [-0.1, -0.05) is 60.1 Å². The van der Waals surface area contributed by atoms with Crippen LogP contribution in [0.15, 0.2) is 103 Å². The van der Waals surface area contributed by atoms with Gasteiger partial charge in [-0.05, 0) is 74.0 Å². The number of hydrazine groups is 2. The number of carbonyl (C=O) groups excluding carboxylic acids is 2. The average molecular weight is 613 g/mol. The first kappa shape index (κ1) is 26.6. The number of hydrogen-bond donors (Lipinski definition) is 3. The van der Waals surface area contributed by atoms with E-state index in [4.69, 9.17) is 16.6 Å². The highest BCUT2D eigenvalue weighted by atomic mass is 35.5. The van der Waals surface area contributed by atoms with Crippen molar-refractivity contribution in [3.05, 3.63) is 125 Å². The van der Waals surface area contributed by atoms with Crippen molar-refractivity contribution in [1.82, 2.24) is 15.4 Å². The molecule has 1 amide bonds. The zero-order chi connectivity index (χ0) is 30.3. The summed E-state index contributed by atoms with van der Waals surface area (Å²) in [5.41, 5.74) is 11.2. The Kier molecular flexibility index (Phi) is 5.84. The molecular weight excluding hydrogens is 584 g/mol. The van der Waals surface area contributed by atoms with E-state index < -0.39 is 11.5 Å². The standard InChI is InChI=1S/C36H29ClN6O2/c37-23-17-15-21(16-18-23)33(44)32-31(30-14-7-19-42(30)36(32)25-9-2-4-11-27(25)39-35(36)45)24-20-22-8-1-3-10-26(22)38-34(24)43-29-13-6-5-12-28(29)40-41-43/h1-6,8-13,15-18,20,30-32,40-41H,7,14,19H2,(H,39,45). The molecule has 4 aromatic carbocycles. The lowest BCUT2D eigenvalue weighted by Gasteiger charge is -2.37. The Balaban J connectivity index is 1.33. The number of fused-ring (bicyclic) bond motifs is 6. The number of Topliss-reactive ketones (excluding diaryl/α,β-unsaturated/α-hetero) is 1. The van der Waals surface area contributed by atoms with E-state index in [2.05, 4.69) is 33.3 Å². The van der Waals surface area contributed by atoms with Crippen LogP contribution in [-0.4, -0.2) is 34.2 Å². The van der Waals surface area contributed by atoms with E-state index in [1.807, 2.05) is 71.7 Å². The molecule has 5 aromatic rings. The normalized spacial score (nSPS) is 24.9. The molecule has 3 N–H and O–H groups in total. The van der Waals surface area contributed by atoms with Crippen molar-refractivity contribution in [1.29, 1.82) is 0 Å². The minimum Gasteiger partial charge on any atom is -0.324 e. The van der Waals surface area contributed by atoms with Crippen LogP contribution in [0.5, 0.6) is 0 Å². The summed E-state index contributed by atoms with van der Waals surface area (Å²) in [7, 11) is 0. The van der Waals surface area contributed by atoms with E-state index in [1.165, 1.54) is 0 Å². The van der Waals surface area contributed by atoms with Gasteiger partial charge in [0.1, 0.15) is 5.54 Å². The molecule has 0 aliphatic carbocycles. The second-order valence-corrected chi connectivity index (χ2v) is 12.7. The molecule has 0 bridgehead atoms.